The Morgan fingerprint density at radius 2 is 2.00 bits per heavy atom. The fourth-order valence-electron chi connectivity index (χ4n) is 1.86. The van der Waals surface area contributed by atoms with E-state index in [1.54, 1.807) is 6.07 Å². The van der Waals surface area contributed by atoms with Crippen LogP contribution in [0, 0.1) is 0 Å². The van der Waals surface area contributed by atoms with E-state index in [1.807, 2.05) is 24.3 Å². The molecule has 0 aliphatic rings. The first-order valence-electron chi connectivity index (χ1n) is 5.08. The Bertz CT molecular complexity index is 698. The van der Waals surface area contributed by atoms with E-state index >= 15 is 0 Å². The van der Waals surface area contributed by atoms with Crippen LogP contribution in [0.5, 0.6) is 5.75 Å². The van der Waals surface area contributed by atoms with Gasteiger partial charge in [0.2, 0.25) is 9.05 Å². The Labute approximate surface area is 118 Å². The fourth-order valence-corrected chi connectivity index (χ4v) is 3.21. The molecule has 3 nitrogen and oxygen atoms in total. The van der Waals surface area contributed by atoms with Gasteiger partial charge < -0.3 is 4.74 Å². The van der Waals surface area contributed by atoms with E-state index in [9.17, 15) is 8.42 Å². The maximum Gasteiger partial charge on any atom is 0.236 e. The van der Waals surface area contributed by atoms with Crippen molar-refractivity contribution in [3.63, 3.8) is 0 Å². The molecule has 0 bridgehead atoms. The summed E-state index contributed by atoms with van der Waals surface area (Å²) >= 11 is 3.38. The Kier molecular flexibility index (Phi) is 3.84. The average molecular weight is 350 g/mol. The van der Waals surface area contributed by atoms with E-state index in [2.05, 4.69) is 15.9 Å². The van der Waals surface area contributed by atoms with E-state index in [4.69, 9.17) is 15.4 Å². The molecule has 96 valence electrons. The normalized spacial score (nSPS) is 11.7. The quantitative estimate of drug-likeness (QED) is 0.794. The zero-order valence-electron chi connectivity index (χ0n) is 9.48. The van der Waals surface area contributed by atoms with Crippen molar-refractivity contribution in [3.8, 4) is 5.75 Å². The summed E-state index contributed by atoms with van der Waals surface area (Å²) in [4.78, 5) is 0. The molecule has 0 fully saturated rings. The summed E-state index contributed by atoms with van der Waals surface area (Å²) in [5.74, 6) is 0.269. The molecule has 2 aromatic carbocycles. The standard InChI is InChI=1S/C12H10BrClO3S/c1-17-12-5-2-8-6-9(13)3-4-10(8)11(12)7-18(14,15)16/h2-6H,7H2,1H3. The molecule has 0 saturated carbocycles. The third-order valence-electron chi connectivity index (χ3n) is 2.59. The van der Waals surface area contributed by atoms with Crippen LogP contribution in [-0.4, -0.2) is 15.5 Å². The summed E-state index contributed by atoms with van der Waals surface area (Å²) < 4.78 is 28.7. The Hall–Kier alpha value is -0.780. The van der Waals surface area contributed by atoms with Crippen molar-refractivity contribution in [2.75, 3.05) is 7.11 Å². The van der Waals surface area contributed by atoms with Gasteiger partial charge in [0.15, 0.2) is 0 Å². The topological polar surface area (TPSA) is 43.4 Å². The van der Waals surface area contributed by atoms with Crippen LogP contribution in [-0.2, 0) is 14.8 Å². The fraction of sp³-hybridized carbons (Fsp3) is 0.167. The Balaban J connectivity index is 2.73. The number of benzene rings is 2. The van der Waals surface area contributed by atoms with Crippen LogP contribution in [0.15, 0.2) is 34.8 Å². The summed E-state index contributed by atoms with van der Waals surface area (Å²) in [6.07, 6.45) is 0. The highest BCUT2D eigenvalue weighted by Crippen LogP contribution is 2.31. The number of rotatable bonds is 3. The highest BCUT2D eigenvalue weighted by atomic mass is 79.9. The van der Waals surface area contributed by atoms with Crippen molar-refractivity contribution < 1.29 is 13.2 Å². The lowest BCUT2D eigenvalue weighted by molar-refractivity contribution is 0.412. The minimum atomic E-state index is -3.63. The second kappa shape index (κ2) is 5.07. The van der Waals surface area contributed by atoms with Crippen LogP contribution >= 0.6 is 26.6 Å². The zero-order valence-corrected chi connectivity index (χ0v) is 12.6. The van der Waals surface area contributed by atoms with Crippen molar-refractivity contribution in [1.29, 1.82) is 0 Å². The number of halogens is 2. The van der Waals surface area contributed by atoms with Gasteiger partial charge >= 0.3 is 0 Å². The van der Waals surface area contributed by atoms with Crippen LogP contribution in [0.1, 0.15) is 5.56 Å². The number of hydrogen-bond donors (Lipinski definition) is 0. The molecule has 0 unspecified atom stereocenters. The molecule has 0 amide bonds. The van der Waals surface area contributed by atoms with E-state index < -0.39 is 9.05 Å². The number of hydrogen-bond acceptors (Lipinski definition) is 3. The van der Waals surface area contributed by atoms with Gasteiger partial charge in [-0.2, -0.15) is 0 Å². The Morgan fingerprint density at radius 3 is 2.61 bits per heavy atom. The highest BCUT2D eigenvalue weighted by molar-refractivity contribution is 9.10. The Morgan fingerprint density at radius 1 is 1.28 bits per heavy atom. The van der Waals surface area contributed by atoms with Gasteiger partial charge in [0.1, 0.15) is 5.75 Å². The molecule has 0 N–H and O–H groups in total. The largest absolute Gasteiger partial charge is 0.496 e. The molecule has 0 heterocycles. The van der Waals surface area contributed by atoms with E-state index in [0.717, 1.165) is 15.2 Å². The van der Waals surface area contributed by atoms with Gasteiger partial charge in [-0.05, 0) is 29.0 Å². The molecule has 6 heteroatoms. The average Bonchev–Trinajstić information content (AvgIpc) is 2.27. The van der Waals surface area contributed by atoms with Crippen LogP contribution < -0.4 is 4.74 Å². The van der Waals surface area contributed by atoms with E-state index in [1.165, 1.54) is 7.11 Å². The maximum atomic E-state index is 11.3. The molecule has 0 aliphatic carbocycles. The molecule has 0 radical (unpaired) electrons. The van der Waals surface area contributed by atoms with Crippen LogP contribution in [0.4, 0.5) is 0 Å². The lowest BCUT2D eigenvalue weighted by Gasteiger charge is -2.11. The SMILES string of the molecule is COc1ccc2cc(Br)ccc2c1CS(=O)(=O)Cl. The van der Waals surface area contributed by atoms with Gasteiger partial charge in [-0.3, -0.25) is 0 Å². The predicted molar refractivity (Wildman–Crippen MR) is 76.7 cm³/mol. The third kappa shape index (κ3) is 2.96. The van der Waals surface area contributed by atoms with Crippen molar-refractivity contribution in [2.45, 2.75) is 5.75 Å². The number of methoxy groups -OCH3 is 1. The lowest BCUT2D eigenvalue weighted by atomic mass is 10.0. The van der Waals surface area contributed by atoms with Gasteiger partial charge in [0.25, 0.3) is 0 Å². The minimum absolute atomic E-state index is 0.253. The summed E-state index contributed by atoms with van der Waals surface area (Å²) in [7, 11) is 3.21. The molecule has 0 saturated heterocycles. The van der Waals surface area contributed by atoms with Crippen molar-refractivity contribution in [1.82, 2.24) is 0 Å². The van der Waals surface area contributed by atoms with Gasteiger partial charge in [-0.15, -0.1) is 0 Å². The predicted octanol–water partition coefficient (Wildman–Crippen LogP) is 3.68. The molecule has 0 spiro atoms. The van der Waals surface area contributed by atoms with Gasteiger partial charge in [-0.1, -0.05) is 28.1 Å². The summed E-state index contributed by atoms with van der Waals surface area (Å²) in [5.41, 5.74) is 0.581. The van der Waals surface area contributed by atoms with Crippen LogP contribution in [0.2, 0.25) is 0 Å². The van der Waals surface area contributed by atoms with Gasteiger partial charge in [0.05, 0.1) is 12.9 Å². The van der Waals surface area contributed by atoms with Gasteiger partial charge in [0, 0.05) is 20.7 Å². The molecular weight excluding hydrogens is 340 g/mol. The second-order valence-electron chi connectivity index (χ2n) is 3.80. The van der Waals surface area contributed by atoms with E-state index in [0.29, 0.717) is 11.3 Å². The first-order valence-corrected chi connectivity index (χ1v) is 8.35. The third-order valence-corrected chi connectivity index (χ3v) is 4.04. The highest BCUT2D eigenvalue weighted by Gasteiger charge is 2.15. The monoisotopic (exact) mass is 348 g/mol. The van der Waals surface area contributed by atoms with E-state index in [-0.39, 0.29) is 5.75 Å². The second-order valence-corrected chi connectivity index (χ2v) is 7.49. The minimum Gasteiger partial charge on any atom is -0.496 e. The maximum absolute atomic E-state index is 11.3. The molecule has 0 aliphatic heterocycles. The number of fused-ring (bicyclic) bond motifs is 1. The summed E-state index contributed by atoms with van der Waals surface area (Å²) in [6, 6.07) is 9.24. The van der Waals surface area contributed by atoms with Crippen LogP contribution in [0.3, 0.4) is 0 Å². The molecule has 0 atom stereocenters. The van der Waals surface area contributed by atoms with Gasteiger partial charge in [-0.25, -0.2) is 8.42 Å². The van der Waals surface area contributed by atoms with Crippen molar-refractivity contribution in [2.24, 2.45) is 0 Å². The van der Waals surface area contributed by atoms with Crippen molar-refractivity contribution in [3.05, 3.63) is 40.4 Å². The smallest absolute Gasteiger partial charge is 0.236 e. The molecule has 18 heavy (non-hydrogen) atoms. The summed E-state index contributed by atoms with van der Waals surface area (Å²) in [6.45, 7) is 0. The summed E-state index contributed by atoms with van der Waals surface area (Å²) in [5, 5.41) is 1.75. The molecule has 0 aromatic heterocycles. The zero-order chi connectivity index (χ0) is 13.3. The molecule has 2 aromatic rings. The number of ether oxygens (including phenoxy) is 1. The first kappa shape index (κ1) is 13.6. The first-order chi connectivity index (χ1) is 8.40. The van der Waals surface area contributed by atoms with Crippen molar-refractivity contribution >= 4 is 46.4 Å². The molecular formula is C12H10BrClO3S. The molecule has 2 rings (SSSR count). The van der Waals surface area contributed by atoms with Crippen LogP contribution in [0.25, 0.3) is 10.8 Å². The lowest BCUT2D eigenvalue weighted by Crippen LogP contribution is -1.99.